The van der Waals surface area contributed by atoms with E-state index in [0.29, 0.717) is 6.54 Å². The van der Waals surface area contributed by atoms with Gasteiger partial charge in [-0.05, 0) is 25.8 Å². The molecule has 1 aromatic rings. The fraction of sp³-hybridized carbons (Fsp3) is 0.733. The van der Waals surface area contributed by atoms with Crippen LogP contribution in [-0.2, 0) is 19.5 Å². The number of fused-ring (bicyclic) bond motifs is 1. The summed E-state index contributed by atoms with van der Waals surface area (Å²) < 4.78 is 0. The van der Waals surface area contributed by atoms with E-state index in [-0.39, 0.29) is 24.8 Å². The van der Waals surface area contributed by atoms with Gasteiger partial charge >= 0.3 is 0 Å². The zero-order valence-electron chi connectivity index (χ0n) is 13.4. The van der Waals surface area contributed by atoms with E-state index in [9.17, 15) is 0 Å². The molecule has 1 aromatic heterocycles. The minimum atomic E-state index is 0. The third-order valence-corrected chi connectivity index (χ3v) is 4.58. The fourth-order valence-electron chi connectivity index (χ4n) is 3.12. The van der Waals surface area contributed by atoms with Gasteiger partial charge in [-0.25, -0.2) is 9.97 Å². The molecule has 3 rings (SSSR count). The van der Waals surface area contributed by atoms with E-state index >= 15 is 0 Å². The van der Waals surface area contributed by atoms with Gasteiger partial charge in [-0.2, -0.15) is 0 Å². The summed E-state index contributed by atoms with van der Waals surface area (Å²) in [6, 6.07) is 0. The van der Waals surface area contributed by atoms with Crippen LogP contribution in [0.4, 0.5) is 5.95 Å². The van der Waals surface area contributed by atoms with Crippen molar-refractivity contribution in [2.75, 3.05) is 31.6 Å². The van der Waals surface area contributed by atoms with Crippen molar-refractivity contribution in [2.24, 2.45) is 11.7 Å². The van der Waals surface area contributed by atoms with Gasteiger partial charge in [0.1, 0.15) is 0 Å². The highest BCUT2D eigenvalue weighted by atomic mass is 35.5. The Kier molecular flexibility index (Phi) is 7.32. The van der Waals surface area contributed by atoms with Crippen molar-refractivity contribution in [2.45, 2.75) is 39.3 Å². The molecular weight excluding hydrogens is 321 g/mol. The van der Waals surface area contributed by atoms with Crippen LogP contribution >= 0.6 is 24.8 Å². The number of rotatable bonds is 2. The molecule has 126 valence electrons. The summed E-state index contributed by atoms with van der Waals surface area (Å²) in [4.78, 5) is 14.2. The number of likely N-dealkylation sites (N-methyl/N-ethyl adjacent to an activating group) is 1. The Morgan fingerprint density at radius 3 is 2.45 bits per heavy atom. The van der Waals surface area contributed by atoms with Gasteiger partial charge in [0.2, 0.25) is 5.95 Å². The van der Waals surface area contributed by atoms with Crippen LogP contribution in [0.1, 0.15) is 36.7 Å². The van der Waals surface area contributed by atoms with Gasteiger partial charge in [0, 0.05) is 44.7 Å². The van der Waals surface area contributed by atoms with E-state index in [2.05, 4.69) is 23.8 Å². The summed E-state index contributed by atoms with van der Waals surface area (Å²) in [5.41, 5.74) is 9.42. The number of piperidine rings is 1. The molecule has 1 saturated heterocycles. The molecule has 2 aliphatic heterocycles. The smallest absolute Gasteiger partial charge is 0.225 e. The highest BCUT2D eigenvalue weighted by molar-refractivity contribution is 5.85. The summed E-state index contributed by atoms with van der Waals surface area (Å²) in [7, 11) is 2.14. The molecule has 0 atom stereocenters. The largest absolute Gasteiger partial charge is 0.341 e. The molecule has 0 bridgehead atoms. The summed E-state index contributed by atoms with van der Waals surface area (Å²) >= 11 is 0. The molecule has 0 amide bonds. The first-order chi connectivity index (χ1) is 9.67. The third kappa shape index (κ3) is 4.02. The van der Waals surface area contributed by atoms with Crippen molar-refractivity contribution in [3.05, 3.63) is 17.0 Å². The lowest BCUT2D eigenvalue weighted by Gasteiger charge is -2.32. The van der Waals surface area contributed by atoms with Gasteiger partial charge < -0.3 is 15.5 Å². The van der Waals surface area contributed by atoms with E-state index in [1.54, 1.807) is 0 Å². The molecule has 2 N–H and O–H groups in total. The quantitative estimate of drug-likeness (QED) is 0.886. The summed E-state index contributed by atoms with van der Waals surface area (Å²) in [6.07, 6.45) is 3.49. The van der Waals surface area contributed by atoms with Crippen molar-refractivity contribution in [1.29, 1.82) is 0 Å². The van der Waals surface area contributed by atoms with E-state index in [4.69, 9.17) is 15.7 Å². The number of hydrogen-bond acceptors (Lipinski definition) is 5. The Morgan fingerprint density at radius 2 is 1.82 bits per heavy atom. The van der Waals surface area contributed by atoms with E-state index in [1.165, 1.54) is 24.1 Å². The lowest BCUT2D eigenvalue weighted by atomic mass is 9.99. The van der Waals surface area contributed by atoms with Gasteiger partial charge in [-0.1, -0.05) is 6.92 Å². The lowest BCUT2D eigenvalue weighted by molar-refractivity contribution is 0.307. The minimum Gasteiger partial charge on any atom is -0.341 e. The van der Waals surface area contributed by atoms with Crippen LogP contribution in [0.2, 0.25) is 0 Å². The van der Waals surface area contributed by atoms with Crippen LogP contribution in [-0.4, -0.2) is 41.5 Å². The SMILES string of the molecule is CC1CCN(c2nc(CN)c3c(n2)CCN(C)C3)CC1.Cl.Cl. The molecule has 0 radical (unpaired) electrons. The van der Waals surface area contributed by atoms with Crippen LogP contribution in [0.5, 0.6) is 0 Å². The summed E-state index contributed by atoms with van der Waals surface area (Å²) in [5.74, 6) is 1.73. The van der Waals surface area contributed by atoms with Gasteiger partial charge in [0.25, 0.3) is 0 Å². The summed E-state index contributed by atoms with van der Waals surface area (Å²) in [6.45, 7) is 6.99. The first-order valence-electron chi connectivity index (χ1n) is 7.69. The molecule has 5 nitrogen and oxygen atoms in total. The Bertz CT molecular complexity index is 472. The van der Waals surface area contributed by atoms with Gasteiger partial charge in [0.05, 0.1) is 11.4 Å². The highest BCUT2D eigenvalue weighted by Crippen LogP contribution is 2.25. The highest BCUT2D eigenvalue weighted by Gasteiger charge is 2.23. The first-order valence-corrected chi connectivity index (χ1v) is 7.69. The zero-order chi connectivity index (χ0) is 14.1. The lowest BCUT2D eigenvalue weighted by Crippen LogP contribution is -2.36. The predicted molar refractivity (Wildman–Crippen MR) is 95.1 cm³/mol. The van der Waals surface area contributed by atoms with Crippen molar-refractivity contribution in [3.8, 4) is 0 Å². The van der Waals surface area contributed by atoms with Crippen LogP contribution in [0.25, 0.3) is 0 Å². The maximum atomic E-state index is 5.91. The van der Waals surface area contributed by atoms with Gasteiger partial charge in [0.15, 0.2) is 0 Å². The Balaban J connectivity index is 0.00000121. The number of hydrogen-bond donors (Lipinski definition) is 1. The van der Waals surface area contributed by atoms with E-state index in [1.807, 2.05) is 0 Å². The van der Waals surface area contributed by atoms with Gasteiger partial charge in [-0.15, -0.1) is 24.8 Å². The maximum absolute atomic E-state index is 5.91. The first kappa shape index (κ1) is 19.4. The topological polar surface area (TPSA) is 58.3 Å². The zero-order valence-corrected chi connectivity index (χ0v) is 15.0. The molecule has 0 aliphatic carbocycles. The van der Waals surface area contributed by atoms with E-state index < -0.39 is 0 Å². The van der Waals surface area contributed by atoms with Crippen molar-refractivity contribution >= 4 is 30.8 Å². The maximum Gasteiger partial charge on any atom is 0.225 e. The van der Waals surface area contributed by atoms with Crippen molar-refractivity contribution in [1.82, 2.24) is 14.9 Å². The minimum absolute atomic E-state index is 0. The number of nitrogens with two attached hydrogens (primary N) is 1. The Morgan fingerprint density at radius 1 is 1.14 bits per heavy atom. The molecule has 0 aromatic carbocycles. The summed E-state index contributed by atoms with van der Waals surface area (Å²) in [5, 5.41) is 0. The average molecular weight is 348 g/mol. The van der Waals surface area contributed by atoms with Crippen molar-refractivity contribution < 1.29 is 0 Å². The second-order valence-electron chi connectivity index (χ2n) is 6.26. The molecule has 3 heterocycles. The third-order valence-electron chi connectivity index (χ3n) is 4.58. The van der Waals surface area contributed by atoms with Gasteiger partial charge in [-0.3, -0.25) is 0 Å². The van der Waals surface area contributed by atoms with Crippen LogP contribution in [0.3, 0.4) is 0 Å². The number of anilines is 1. The fourth-order valence-corrected chi connectivity index (χ4v) is 3.12. The monoisotopic (exact) mass is 347 g/mol. The molecule has 0 saturated carbocycles. The number of nitrogens with zero attached hydrogens (tertiary/aromatic N) is 4. The number of halogens is 2. The molecule has 1 fully saturated rings. The molecule has 2 aliphatic rings. The second kappa shape index (κ2) is 8.29. The number of aromatic nitrogens is 2. The molecule has 22 heavy (non-hydrogen) atoms. The second-order valence-corrected chi connectivity index (χ2v) is 6.26. The molecule has 0 spiro atoms. The Labute approximate surface area is 145 Å². The Hall–Kier alpha value is -0.620. The van der Waals surface area contributed by atoms with Crippen LogP contribution in [0, 0.1) is 5.92 Å². The predicted octanol–water partition coefficient (Wildman–Crippen LogP) is 2.00. The molecular formula is C15H27Cl2N5. The van der Waals surface area contributed by atoms with Crippen LogP contribution < -0.4 is 10.6 Å². The normalized spacial score (nSPS) is 19.1. The average Bonchev–Trinajstić information content (AvgIpc) is 2.47. The van der Waals surface area contributed by atoms with Crippen molar-refractivity contribution in [3.63, 3.8) is 0 Å². The molecule has 0 unspecified atom stereocenters. The molecule has 7 heteroatoms. The standard InChI is InChI=1S/C15H25N5.2ClH/c1-11-3-7-20(8-4-11)15-17-13-5-6-19(2)10-12(13)14(9-16)18-15;;/h11H,3-10,16H2,1-2H3;2*1H. The van der Waals surface area contributed by atoms with Crippen LogP contribution in [0.15, 0.2) is 0 Å². The van der Waals surface area contributed by atoms with E-state index in [0.717, 1.165) is 50.2 Å².